The van der Waals surface area contributed by atoms with E-state index in [-0.39, 0.29) is 5.97 Å². The van der Waals surface area contributed by atoms with Crippen LogP contribution in [0.1, 0.15) is 48.5 Å². The Balaban J connectivity index is 1.90. The summed E-state index contributed by atoms with van der Waals surface area (Å²) in [6.07, 6.45) is 2.69. The van der Waals surface area contributed by atoms with E-state index in [1.54, 1.807) is 12.1 Å². The van der Waals surface area contributed by atoms with Crippen molar-refractivity contribution in [1.29, 1.82) is 0 Å². The summed E-state index contributed by atoms with van der Waals surface area (Å²) in [5.74, 6) is -0.337. The van der Waals surface area contributed by atoms with Crippen LogP contribution in [0.5, 0.6) is 0 Å². The van der Waals surface area contributed by atoms with Gasteiger partial charge in [0, 0.05) is 0 Å². The molecule has 1 saturated carbocycles. The third kappa shape index (κ3) is 3.09. The molecule has 0 spiro atoms. The number of rotatable bonds is 4. The first-order valence-corrected chi connectivity index (χ1v) is 8.64. The third-order valence-electron chi connectivity index (χ3n) is 5.24. The zero-order valence-electron chi connectivity index (χ0n) is 14.0. The molecule has 3 nitrogen and oxygen atoms in total. The lowest BCUT2D eigenvalue weighted by Crippen LogP contribution is -2.51. The van der Waals surface area contributed by atoms with E-state index in [9.17, 15) is 9.90 Å². The lowest BCUT2D eigenvalue weighted by molar-refractivity contribution is -0.0491. The fourth-order valence-electron chi connectivity index (χ4n) is 3.88. The minimum Gasteiger partial charge on any atom is -0.458 e. The first-order chi connectivity index (χ1) is 11.6. The minimum absolute atomic E-state index is 0.337. The summed E-state index contributed by atoms with van der Waals surface area (Å²) < 4.78 is 5.81. The van der Waals surface area contributed by atoms with Crippen LogP contribution in [-0.4, -0.2) is 23.3 Å². The number of carbonyl (C=O) groups is 1. The molecule has 3 heteroatoms. The molecule has 0 unspecified atom stereocenters. The van der Waals surface area contributed by atoms with Gasteiger partial charge in [0.1, 0.15) is 6.10 Å². The number of aliphatic hydroxyl groups excluding tert-OH is 1. The van der Waals surface area contributed by atoms with E-state index < -0.39 is 17.6 Å². The molecule has 0 saturated heterocycles. The second kappa shape index (κ2) is 7.18. The molecule has 2 aromatic rings. The van der Waals surface area contributed by atoms with Crippen LogP contribution < -0.4 is 0 Å². The van der Waals surface area contributed by atoms with E-state index in [2.05, 4.69) is 0 Å². The fraction of sp³-hybridized carbons (Fsp3) is 0.381. The molecule has 0 aromatic heterocycles. The molecule has 1 N–H and O–H groups in total. The third-order valence-corrected chi connectivity index (χ3v) is 5.24. The Hall–Kier alpha value is -2.13. The van der Waals surface area contributed by atoms with Crippen molar-refractivity contribution < 1.29 is 14.6 Å². The average molecular weight is 324 g/mol. The maximum absolute atomic E-state index is 12.5. The Labute approximate surface area is 143 Å². The molecule has 3 atom stereocenters. The molecular formula is C21H24O3. The van der Waals surface area contributed by atoms with Crippen LogP contribution in [0.25, 0.3) is 0 Å². The standard InChI is InChI=1S/C21H24O3/c1-16(24-20(23)17-10-4-2-5-11-17)21(15-9-8-14-19(21)22)18-12-6-3-7-13-18/h2-7,10-13,16,19,22H,8-9,14-15H2,1H3/t16-,19-,21-/m0/s1. The van der Waals surface area contributed by atoms with Gasteiger partial charge in [0.2, 0.25) is 0 Å². The highest BCUT2D eigenvalue weighted by Crippen LogP contribution is 2.43. The molecule has 1 fully saturated rings. The summed E-state index contributed by atoms with van der Waals surface area (Å²) in [6.45, 7) is 1.91. The Morgan fingerprint density at radius 3 is 2.33 bits per heavy atom. The van der Waals surface area contributed by atoms with Gasteiger partial charge in [0.25, 0.3) is 0 Å². The summed E-state index contributed by atoms with van der Waals surface area (Å²) in [7, 11) is 0. The highest BCUT2D eigenvalue weighted by atomic mass is 16.5. The van der Waals surface area contributed by atoms with Gasteiger partial charge in [0.05, 0.1) is 17.1 Å². The van der Waals surface area contributed by atoms with Crippen molar-refractivity contribution in [1.82, 2.24) is 0 Å². The molecule has 0 bridgehead atoms. The van der Waals surface area contributed by atoms with Gasteiger partial charge in [-0.05, 0) is 37.5 Å². The lowest BCUT2D eigenvalue weighted by atomic mass is 9.64. The van der Waals surface area contributed by atoms with Crippen molar-refractivity contribution in [3.8, 4) is 0 Å². The SMILES string of the molecule is C[C@H](OC(=O)c1ccccc1)[C@]1(c2ccccc2)CCCC[C@@H]1O. The number of benzene rings is 2. The molecule has 0 radical (unpaired) electrons. The van der Waals surface area contributed by atoms with Gasteiger partial charge < -0.3 is 9.84 Å². The van der Waals surface area contributed by atoms with Crippen molar-refractivity contribution in [2.45, 2.75) is 50.2 Å². The van der Waals surface area contributed by atoms with Crippen LogP contribution in [0.15, 0.2) is 60.7 Å². The summed E-state index contributed by atoms with van der Waals surface area (Å²) in [5, 5.41) is 10.8. The summed E-state index contributed by atoms with van der Waals surface area (Å²) in [6, 6.07) is 19.0. The molecule has 2 aromatic carbocycles. The quantitative estimate of drug-likeness (QED) is 0.861. The first kappa shape index (κ1) is 16.7. The maximum Gasteiger partial charge on any atom is 0.338 e. The highest BCUT2D eigenvalue weighted by Gasteiger charge is 2.47. The van der Waals surface area contributed by atoms with Crippen LogP contribution in [-0.2, 0) is 10.2 Å². The molecule has 3 rings (SSSR count). The van der Waals surface area contributed by atoms with Gasteiger partial charge in [-0.15, -0.1) is 0 Å². The topological polar surface area (TPSA) is 46.5 Å². The van der Waals surface area contributed by atoms with Crippen LogP contribution in [0.3, 0.4) is 0 Å². The van der Waals surface area contributed by atoms with Crippen molar-refractivity contribution in [3.63, 3.8) is 0 Å². The lowest BCUT2D eigenvalue weighted by Gasteiger charge is -2.45. The molecule has 126 valence electrons. The zero-order chi connectivity index (χ0) is 17.0. The van der Waals surface area contributed by atoms with Crippen LogP contribution in [0.4, 0.5) is 0 Å². The molecule has 0 amide bonds. The molecule has 0 aliphatic heterocycles. The van der Waals surface area contributed by atoms with Crippen molar-refractivity contribution >= 4 is 5.97 Å². The number of carbonyl (C=O) groups excluding carboxylic acids is 1. The van der Waals surface area contributed by atoms with Gasteiger partial charge in [-0.25, -0.2) is 4.79 Å². The van der Waals surface area contributed by atoms with E-state index in [0.717, 1.165) is 31.2 Å². The molecule has 0 heterocycles. The number of aliphatic hydroxyl groups is 1. The second-order valence-electron chi connectivity index (χ2n) is 6.58. The number of esters is 1. The highest BCUT2D eigenvalue weighted by molar-refractivity contribution is 5.89. The monoisotopic (exact) mass is 324 g/mol. The molecule has 1 aliphatic rings. The summed E-state index contributed by atoms with van der Waals surface area (Å²) in [4.78, 5) is 12.5. The molecular weight excluding hydrogens is 300 g/mol. The summed E-state index contributed by atoms with van der Waals surface area (Å²) >= 11 is 0. The predicted molar refractivity (Wildman–Crippen MR) is 93.9 cm³/mol. The Bertz CT molecular complexity index is 668. The Morgan fingerprint density at radius 1 is 1.08 bits per heavy atom. The molecule has 1 aliphatic carbocycles. The van der Waals surface area contributed by atoms with Crippen molar-refractivity contribution in [3.05, 3.63) is 71.8 Å². The second-order valence-corrected chi connectivity index (χ2v) is 6.58. The van der Waals surface area contributed by atoms with Gasteiger partial charge in [-0.3, -0.25) is 0 Å². The summed E-state index contributed by atoms with van der Waals surface area (Å²) in [5.41, 5.74) is 1.05. The van der Waals surface area contributed by atoms with Gasteiger partial charge >= 0.3 is 5.97 Å². The van der Waals surface area contributed by atoms with E-state index in [1.165, 1.54) is 0 Å². The Kier molecular flexibility index (Phi) is 5.00. The van der Waals surface area contributed by atoms with E-state index >= 15 is 0 Å². The number of hydrogen-bond donors (Lipinski definition) is 1. The maximum atomic E-state index is 12.5. The predicted octanol–water partition coefficient (Wildman–Crippen LogP) is 4.10. The minimum atomic E-state index is -0.538. The first-order valence-electron chi connectivity index (χ1n) is 8.64. The molecule has 24 heavy (non-hydrogen) atoms. The van der Waals surface area contributed by atoms with Gasteiger partial charge in [-0.1, -0.05) is 61.4 Å². The van der Waals surface area contributed by atoms with Crippen LogP contribution >= 0.6 is 0 Å². The van der Waals surface area contributed by atoms with Crippen LogP contribution in [0.2, 0.25) is 0 Å². The van der Waals surface area contributed by atoms with E-state index in [4.69, 9.17) is 4.74 Å². The van der Waals surface area contributed by atoms with Crippen LogP contribution in [0, 0.1) is 0 Å². The van der Waals surface area contributed by atoms with Gasteiger partial charge in [-0.2, -0.15) is 0 Å². The smallest absolute Gasteiger partial charge is 0.338 e. The normalized spacial score (nSPS) is 25.0. The average Bonchev–Trinajstić information content (AvgIpc) is 2.63. The largest absolute Gasteiger partial charge is 0.458 e. The number of hydrogen-bond acceptors (Lipinski definition) is 3. The Morgan fingerprint density at radius 2 is 1.71 bits per heavy atom. The van der Waals surface area contributed by atoms with E-state index in [1.807, 2.05) is 55.5 Å². The van der Waals surface area contributed by atoms with Crippen molar-refractivity contribution in [2.24, 2.45) is 0 Å². The van der Waals surface area contributed by atoms with Crippen molar-refractivity contribution in [2.75, 3.05) is 0 Å². The van der Waals surface area contributed by atoms with E-state index in [0.29, 0.717) is 5.56 Å². The fourth-order valence-corrected chi connectivity index (χ4v) is 3.88. The van der Waals surface area contributed by atoms with Gasteiger partial charge in [0.15, 0.2) is 0 Å². The zero-order valence-corrected chi connectivity index (χ0v) is 14.0. The number of ether oxygens (including phenoxy) is 1.